The Morgan fingerprint density at radius 2 is 1.78 bits per heavy atom. The van der Waals surface area contributed by atoms with Crippen LogP contribution in [0.2, 0.25) is 0 Å². The molecule has 96 valence electrons. The molecular weight excluding hydrogens is 361 g/mol. The van der Waals surface area contributed by atoms with Gasteiger partial charge in [-0.2, -0.15) is 0 Å². The van der Waals surface area contributed by atoms with Gasteiger partial charge in [0.25, 0.3) is 0 Å². The summed E-state index contributed by atoms with van der Waals surface area (Å²) in [5.74, 6) is 1.74. The van der Waals surface area contributed by atoms with Crippen LogP contribution in [0.25, 0.3) is 0 Å². The fourth-order valence-electron chi connectivity index (χ4n) is 1.56. The van der Waals surface area contributed by atoms with E-state index in [0.717, 1.165) is 21.5 Å². The van der Waals surface area contributed by atoms with Crippen LogP contribution in [0.15, 0.2) is 48.5 Å². The highest BCUT2D eigenvalue weighted by atomic mass is 127. The molecule has 0 unspecified atom stereocenters. The number of nitrogens with two attached hydrogens (primary N) is 1. The van der Waals surface area contributed by atoms with Crippen molar-refractivity contribution in [3.63, 3.8) is 0 Å². The van der Waals surface area contributed by atoms with Crippen molar-refractivity contribution < 1.29 is 4.74 Å². The Hall–Kier alpha value is -0.780. The van der Waals surface area contributed by atoms with Crippen LogP contribution in [0.3, 0.4) is 0 Å². The first-order chi connectivity index (χ1) is 8.29. The predicted molar refractivity (Wildman–Crippen MR) is 85.7 cm³/mol. The lowest BCUT2D eigenvalue weighted by Crippen LogP contribution is -2.02. The van der Waals surface area contributed by atoms with Crippen LogP contribution >= 0.6 is 35.0 Å². The van der Waals surface area contributed by atoms with Crippen LogP contribution in [0, 0.1) is 3.57 Å². The summed E-state index contributed by atoms with van der Waals surface area (Å²) in [6.07, 6.45) is 0.904. The minimum atomic E-state index is 0. The Kier molecular flexibility index (Phi) is 6.46. The zero-order valence-corrected chi connectivity index (χ0v) is 12.8. The topological polar surface area (TPSA) is 35.2 Å². The van der Waals surface area contributed by atoms with E-state index in [1.807, 2.05) is 36.4 Å². The zero-order chi connectivity index (χ0) is 12.1. The maximum Gasteiger partial charge on any atom is 0.140 e. The van der Waals surface area contributed by atoms with Crippen molar-refractivity contribution in [2.75, 3.05) is 6.54 Å². The Morgan fingerprint density at radius 1 is 1.06 bits per heavy atom. The Morgan fingerprint density at radius 3 is 2.39 bits per heavy atom. The monoisotopic (exact) mass is 375 g/mol. The van der Waals surface area contributed by atoms with E-state index in [4.69, 9.17) is 10.5 Å². The summed E-state index contributed by atoms with van der Waals surface area (Å²) in [5, 5.41) is 0. The molecule has 0 radical (unpaired) electrons. The first-order valence-corrected chi connectivity index (χ1v) is 6.59. The van der Waals surface area contributed by atoms with Crippen molar-refractivity contribution in [1.82, 2.24) is 0 Å². The van der Waals surface area contributed by atoms with Gasteiger partial charge in [0.1, 0.15) is 11.5 Å². The number of hydrogen-bond acceptors (Lipinski definition) is 2. The molecule has 0 aliphatic heterocycles. The van der Waals surface area contributed by atoms with E-state index in [2.05, 4.69) is 34.7 Å². The van der Waals surface area contributed by atoms with E-state index in [0.29, 0.717) is 6.54 Å². The third kappa shape index (κ3) is 4.15. The molecule has 2 aromatic rings. The van der Waals surface area contributed by atoms with E-state index in [-0.39, 0.29) is 12.4 Å². The Bertz CT molecular complexity index is 490. The number of benzene rings is 2. The Labute approximate surface area is 127 Å². The van der Waals surface area contributed by atoms with Crippen LogP contribution in [0.5, 0.6) is 11.5 Å². The molecule has 0 aliphatic carbocycles. The van der Waals surface area contributed by atoms with Gasteiger partial charge in [0, 0.05) is 0 Å². The van der Waals surface area contributed by atoms with Crippen molar-refractivity contribution in [1.29, 1.82) is 0 Å². The third-order valence-electron chi connectivity index (χ3n) is 2.40. The highest BCUT2D eigenvalue weighted by molar-refractivity contribution is 14.1. The molecule has 18 heavy (non-hydrogen) atoms. The first-order valence-electron chi connectivity index (χ1n) is 5.51. The molecular formula is C14H15ClINO. The summed E-state index contributed by atoms with van der Waals surface area (Å²) >= 11 is 2.29. The highest BCUT2D eigenvalue weighted by Crippen LogP contribution is 2.27. The molecule has 0 amide bonds. The molecule has 0 aliphatic rings. The number of hydrogen-bond donors (Lipinski definition) is 1. The average molecular weight is 376 g/mol. The van der Waals surface area contributed by atoms with Crippen molar-refractivity contribution in [3.8, 4) is 11.5 Å². The smallest absolute Gasteiger partial charge is 0.140 e. The lowest BCUT2D eigenvalue weighted by molar-refractivity contribution is 0.479. The molecule has 0 saturated carbocycles. The van der Waals surface area contributed by atoms with E-state index >= 15 is 0 Å². The third-order valence-corrected chi connectivity index (χ3v) is 3.24. The number of rotatable bonds is 4. The van der Waals surface area contributed by atoms with Crippen LogP contribution in [-0.2, 0) is 6.42 Å². The molecule has 0 fully saturated rings. The van der Waals surface area contributed by atoms with Gasteiger partial charge in [-0.1, -0.05) is 24.3 Å². The van der Waals surface area contributed by atoms with Gasteiger partial charge in [-0.15, -0.1) is 12.4 Å². The Balaban J connectivity index is 0.00000162. The van der Waals surface area contributed by atoms with Crippen LogP contribution < -0.4 is 10.5 Å². The average Bonchev–Trinajstić information content (AvgIpc) is 2.34. The van der Waals surface area contributed by atoms with Gasteiger partial charge in [-0.05, 0) is 65.4 Å². The van der Waals surface area contributed by atoms with Crippen molar-refractivity contribution in [3.05, 3.63) is 57.7 Å². The number of ether oxygens (including phenoxy) is 1. The van der Waals surface area contributed by atoms with Crippen LogP contribution in [0.1, 0.15) is 5.56 Å². The predicted octanol–water partition coefficient (Wildman–Crippen LogP) is 4.01. The molecule has 2 nitrogen and oxygen atoms in total. The SMILES string of the molecule is Cl.NCCc1ccc(Oc2ccccc2)c(I)c1. The molecule has 0 saturated heterocycles. The van der Waals surface area contributed by atoms with E-state index in [9.17, 15) is 0 Å². The van der Waals surface area contributed by atoms with Gasteiger partial charge < -0.3 is 10.5 Å². The summed E-state index contributed by atoms with van der Waals surface area (Å²) in [6.45, 7) is 0.676. The number of halogens is 2. The quantitative estimate of drug-likeness (QED) is 0.820. The lowest BCUT2D eigenvalue weighted by atomic mass is 10.1. The van der Waals surface area contributed by atoms with Gasteiger partial charge in [-0.3, -0.25) is 0 Å². The maximum atomic E-state index is 5.80. The van der Waals surface area contributed by atoms with Gasteiger partial charge in [0.15, 0.2) is 0 Å². The minimum absolute atomic E-state index is 0. The summed E-state index contributed by atoms with van der Waals surface area (Å²) in [4.78, 5) is 0. The molecule has 0 bridgehead atoms. The van der Waals surface area contributed by atoms with E-state index < -0.39 is 0 Å². The van der Waals surface area contributed by atoms with Crippen molar-refractivity contribution >= 4 is 35.0 Å². The molecule has 0 aromatic heterocycles. The molecule has 0 heterocycles. The second-order valence-electron chi connectivity index (χ2n) is 3.72. The molecule has 4 heteroatoms. The second-order valence-corrected chi connectivity index (χ2v) is 4.88. The zero-order valence-electron chi connectivity index (χ0n) is 9.80. The first kappa shape index (κ1) is 15.3. The van der Waals surface area contributed by atoms with Crippen LogP contribution in [-0.4, -0.2) is 6.54 Å². The van der Waals surface area contributed by atoms with Crippen molar-refractivity contribution in [2.45, 2.75) is 6.42 Å². The van der Waals surface area contributed by atoms with E-state index in [1.165, 1.54) is 5.56 Å². The van der Waals surface area contributed by atoms with Gasteiger partial charge in [0.2, 0.25) is 0 Å². The molecule has 2 N–H and O–H groups in total. The maximum absolute atomic E-state index is 5.80. The summed E-state index contributed by atoms with van der Waals surface area (Å²) in [7, 11) is 0. The molecule has 0 spiro atoms. The lowest BCUT2D eigenvalue weighted by Gasteiger charge is -2.09. The van der Waals surface area contributed by atoms with Crippen molar-refractivity contribution in [2.24, 2.45) is 5.73 Å². The van der Waals surface area contributed by atoms with Crippen LogP contribution in [0.4, 0.5) is 0 Å². The largest absolute Gasteiger partial charge is 0.456 e. The highest BCUT2D eigenvalue weighted by Gasteiger charge is 2.03. The standard InChI is InChI=1S/C14H14INO.ClH/c15-13-10-11(8-9-16)6-7-14(13)17-12-4-2-1-3-5-12;/h1-7,10H,8-9,16H2;1H. The number of para-hydroxylation sites is 1. The molecule has 2 aromatic carbocycles. The van der Waals surface area contributed by atoms with E-state index in [1.54, 1.807) is 0 Å². The van der Waals surface area contributed by atoms with Gasteiger partial charge in [0.05, 0.1) is 3.57 Å². The molecule has 0 atom stereocenters. The summed E-state index contributed by atoms with van der Waals surface area (Å²) < 4.78 is 6.91. The summed E-state index contributed by atoms with van der Waals surface area (Å²) in [5.41, 5.74) is 6.79. The fourth-order valence-corrected chi connectivity index (χ4v) is 2.25. The summed E-state index contributed by atoms with van der Waals surface area (Å²) in [6, 6.07) is 16.0. The minimum Gasteiger partial charge on any atom is -0.456 e. The molecule has 2 rings (SSSR count). The van der Waals surface area contributed by atoms with Gasteiger partial charge >= 0.3 is 0 Å². The van der Waals surface area contributed by atoms with Gasteiger partial charge in [-0.25, -0.2) is 0 Å². The fraction of sp³-hybridized carbons (Fsp3) is 0.143. The second kappa shape index (κ2) is 7.61. The normalized spacial score (nSPS) is 9.67.